The molecule has 0 aliphatic carbocycles. The Morgan fingerprint density at radius 2 is 1.96 bits per heavy atom. The summed E-state index contributed by atoms with van der Waals surface area (Å²) >= 11 is 1.40. The third-order valence-electron chi connectivity index (χ3n) is 5.08. The van der Waals surface area contributed by atoms with Crippen LogP contribution in [0.2, 0.25) is 0 Å². The molecule has 3 heterocycles. The van der Waals surface area contributed by atoms with E-state index in [4.69, 9.17) is 0 Å². The number of likely N-dealkylation sites (tertiary alicyclic amines) is 1. The number of aromatic hydroxyl groups is 1. The maximum Gasteiger partial charge on any atom is 0.268 e. The van der Waals surface area contributed by atoms with Gasteiger partial charge in [-0.25, -0.2) is 0 Å². The quantitative estimate of drug-likeness (QED) is 0.821. The van der Waals surface area contributed by atoms with Gasteiger partial charge in [-0.2, -0.15) is 0 Å². The molecule has 0 aromatic carbocycles. The van der Waals surface area contributed by atoms with Gasteiger partial charge >= 0.3 is 0 Å². The van der Waals surface area contributed by atoms with Crippen molar-refractivity contribution < 1.29 is 9.90 Å². The van der Waals surface area contributed by atoms with Gasteiger partial charge in [-0.15, -0.1) is 11.3 Å². The monoisotopic (exact) mass is 391 g/mol. The molecule has 6 nitrogen and oxygen atoms in total. The lowest BCUT2D eigenvalue weighted by Gasteiger charge is -2.33. The number of fused-ring (bicyclic) bond motifs is 1. The van der Waals surface area contributed by atoms with Crippen LogP contribution in [0.15, 0.2) is 16.2 Å². The third-order valence-corrected chi connectivity index (χ3v) is 5.99. The van der Waals surface area contributed by atoms with Crippen LogP contribution in [-0.2, 0) is 0 Å². The lowest BCUT2D eigenvalue weighted by Crippen LogP contribution is -2.46. The summed E-state index contributed by atoms with van der Waals surface area (Å²) in [6.45, 7) is 11.2. The first-order valence-corrected chi connectivity index (χ1v) is 10.6. The normalized spacial score (nSPS) is 16.5. The Labute approximate surface area is 163 Å². The number of aromatic nitrogens is 1. The van der Waals surface area contributed by atoms with Crippen molar-refractivity contribution in [2.24, 2.45) is 5.92 Å². The van der Waals surface area contributed by atoms with Gasteiger partial charge in [0.2, 0.25) is 0 Å². The van der Waals surface area contributed by atoms with Crippen LogP contribution >= 0.6 is 11.3 Å². The Morgan fingerprint density at radius 1 is 1.30 bits per heavy atom. The molecule has 0 spiro atoms. The molecule has 0 bridgehead atoms. The first-order valence-electron chi connectivity index (χ1n) is 9.67. The minimum atomic E-state index is -0.470. The van der Waals surface area contributed by atoms with Crippen molar-refractivity contribution >= 4 is 27.5 Å². The summed E-state index contributed by atoms with van der Waals surface area (Å²) in [6, 6.07) is 1.70. The zero-order valence-corrected chi connectivity index (χ0v) is 17.3. The van der Waals surface area contributed by atoms with Gasteiger partial charge in [0.1, 0.15) is 16.1 Å². The summed E-state index contributed by atoms with van der Waals surface area (Å²) in [5.74, 6) is -0.0508. The van der Waals surface area contributed by atoms with Gasteiger partial charge in [-0.3, -0.25) is 14.2 Å². The summed E-state index contributed by atoms with van der Waals surface area (Å²) in [5.41, 5.74) is -0.564. The number of hydrogen-bond acceptors (Lipinski definition) is 5. The number of thiophene rings is 1. The smallest absolute Gasteiger partial charge is 0.268 e. The standard InChI is InChI=1S/C20H29N3O3S/c1-12(2)11-22-8-5-14(6-9-22)21-18(25)16-17(24)15-7-10-27-20(15)23(13(3)4)19(16)26/h7,10,12-14,24H,5-6,8-9,11H2,1-4H3,(H,21,25). The van der Waals surface area contributed by atoms with Crippen molar-refractivity contribution in [1.82, 2.24) is 14.8 Å². The van der Waals surface area contributed by atoms with E-state index < -0.39 is 11.5 Å². The molecule has 1 aliphatic heterocycles. The van der Waals surface area contributed by atoms with E-state index in [2.05, 4.69) is 24.1 Å². The Bertz CT molecular complexity index is 876. The fourth-order valence-corrected chi connectivity index (χ4v) is 4.86. The van der Waals surface area contributed by atoms with E-state index in [-0.39, 0.29) is 23.4 Å². The number of carbonyl (C=O) groups excluding carboxylic acids is 1. The number of piperidine rings is 1. The van der Waals surface area contributed by atoms with E-state index in [1.807, 2.05) is 19.2 Å². The maximum atomic E-state index is 12.9. The molecule has 2 N–H and O–H groups in total. The zero-order chi connectivity index (χ0) is 19.7. The number of amides is 1. The number of hydrogen-bond donors (Lipinski definition) is 2. The van der Waals surface area contributed by atoms with Gasteiger partial charge in [-0.05, 0) is 44.1 Å². The SMILES string of the molecule is CC(C)CN1CCC(NC(=O)c2c(O)c3ccsc3n(C(C)C)c2=O)CC1. The second kappa shape index (κ2) is 8.02. The summed E-state index contributed by atoms with van der Waals surface area (Å²) in [7, 11) is 0. The summed E-state index contributed by atoms with van der Waals surface area (Å²) in [4.78, 5) is 28.9. The predicted molar refractivity (Wildman–Crippen MR) is 110 cm³/mol. The molecule has 2 aromatic heterocycles. The molecule has 0 atom stereocenters. The molecule has 0 saturated carbocycles. The average molecular weight is 392 g/mol. The first-order chi connectivity index (χ1) is 12.8. The highest BCUT2D eigenvalue weighted by Crippen LogP contribution is 2.31. The minimum Gasteiger partial charge on any atom is -0.506 e. The zero-order valence-electron chi connectivity index (χ0n) is 16.5. The minimum absolute atomic E-state index is 0.0328. The van der Waals surface area contributed by atoms with E-state index >= 15 is 0 Å². The van der Waals surface area contributed by atoms with Crippen molar-refractivity contribution in [3.8, 4) is 5.75 Å². The number of nitrogens with zero attached hydrogens (tertiary/aromatic N) is 2. The lowest BCUT2D eigenvalue weighted by molar-refractivity contribution is 0.0902. The molecule has 7 heteroatoms. The van der Waals surface area contributed by atoms with Crippen molar-refractivity contribution in [2.45, 2.75) is 52.6 Å². The Hall–Kier alpha value is -1.86. The number of nitrogens with one attached hydrogen (secondary N) is 1. The molecule has 1 saturated heterocycles. The molecule has 0 unspecified atom stereocenters. The van der Waals surface area contributed by atoms with Crippen molar-refractivity contribution in [1.29, 1.82) is 0 Å². The van der Waals surface area contributed by atoms with Crippen LogP contribution in [0.3, 0.4) is 0 Å². The molecular formula is C20H29N3O3S. The number of rotatable bonds is 5. The Balaban J connectivity index is 1.82. The molecule has 2 aromatic rings. The molecule has 3 rings (SSSR count). The van der Waals surface area contributed by atoms with Gasteiger partial charge in [0, 0.05) is 31.7 Å². The second-order valence-electron chi connectivity index (χ2n) is 8.07. The second-order valence-corrected chi connectivity index (χ2v) is 8.97. The summed E-state index contributed by atoms with van der Waals surface area (Å²) in [6.07, 6.45) is 1.72. The van der Waals surface area contributed by atoms with Gasteiger partial charge in [-0.1, -0.05) is 13.8 Å². The summed E-state index contributed by atoms with van der Waals surface area (Å²) in [5, 5.41) is 16.0. The van der Waals surface area contributed by atoms with Crippen molar-refractivity contribution in [3.05, 3.63) is 27.4 Å². The van der Waals surface area contributed by atoms with Crippen LogP contribution in [0, 0.1) is 5.92 Å². The molecule has 27 heavy (non-hydrogen) atoms. The van der Waals surface area contributed by atoms with Crippen LogP contribution < -0.4 is 10.9 Å². The molecule has 1 fully saturated rings. The van der Waals surface area contributed by atoms with Crippen LogP contribution in [-0.4, -0.2) is 46.2 Å². The van der Waals surface area contributed by atoms with E-state index in [1.165, 1.54) is 11.3 Å². The van der Waals surface area contributed by atoms with Gasteiger partial charge in [0.25, 0.3) is 11.5 Å². The average Bonchev–Trinajstić information content (AvgIpc) is 3.05. The largest absolute Gasteiger partial charge is 0.506 e. The fraction of sp³-hybridized carbons (Fsp3) is 0.600. The van der Waals surface area contributed by atoms with Gasteiger partial charge < -0.3 is 15.3 Å². The van der Waals surface area contributed by atoms with E-state index in [0.717, 1.165) is 32.5 Å². The van der Waals surface area contributed by atoms with E-state index in [0.29, 0.717) is 16.1 Å². The maximum absolute atomic E-state index is 12.9. The third kappa shape index (κ3) is 4.04. The lowest BCUT2D eigenvalue weighted by atomic mass is 10.0. The predicted octanol–water partition coefficient (Wildman–Crippen LogP) is 3.20. The van der Waals surface area contributed by atoms with Crippen LogP contribution in [0.1, 0.15) is 56.9 Å². The molecule has 1 aliphatic rings. The summed E-state index contributed by atoms with van der Waals surface area (Å²) < 4.78 is 1.60. The van der Waals surface area contributed by atoms with Crippen LogP contribution in [0.25, 0.3) is 10.2 Å². The number of carbonyl (C=O) groups is 1. The molecule has 148 valence electrons. The number of pyridine rings is 1. The van der Waals surface area contributed by atoms with Crippen molar-refractivity contribution in [3.63, 3.8) is 0 Å². The first kappa shape index (κ1) is 19.9. The molecule has 1 amide bonds. The Kier molecular flexibility index (Phi) is 5.91. The van der Waals surface area contributed by atoms with Crippen molar-refractivity contribution in [2.75, 3.05) is 19.6 Å². The molecular weight excluding hydrogens is 362 g/mol. The van der Waals surface area contributed by atoms with Crippen LogP contribution in [0.5, 0.6) is 5.75 Å². The topological polar surface area (TPSA) is 74.6 Å². The highest BCUT2D eigenvalue weighted by molar-refractivity contribution is 7.16. The van der Waals surface area contributed by atoms with E-state index in [9.17, 15) is 14.7 Å². The Morgan fingerprint density at radius 3 is 2.56 bits per heavy atom. The highest BCUT2D eigenvalue weighted by atomic mass is 32.1. The molecule has 0 radical (unpaired) electrons. The van der Waals surface area contributed by atoms with Gasteiger partial charge in [0.15, 0.2) is 0 Å². The van der Waals surface area contributed by atoms with E-state index in [1.54, 1.807) is 10.6 Å². The van der Waals surface area contributed by atoms with Gasteiger partial charge in [0.05, 0.1) is 5.39 Å². The van der Waals surface area contributed by atoms with Crippen LogP contribution in [0.4, 0.5) is 0 Å². The fourth-order valence-electron chi connectivity index (χ4n) is 3.82. The highest BCUT2D eigenvalue weighted by Gasteiger charge is 2.27.